The average molecular weight is 371 g/mol. The maximum atomic E-state index is 12.6. The van der Waals surface area contributed by atoms with Gasteiger partial charge in [-0.05, 0) is 51.5 Å². The molecule has 0 atom stereocenters. The molecule has 27 heavy (non-hydrogen) atoms. The van der Waals surface area contributed by atoms with Crippen molar-refractivity contribution < 1.29 is 9.53 Å². The van der Waals surface area contributed by atoms with E-state index in [-0.39, 0.29) is 5.91 Å². The fourth-order valence-electron chi connectivity index (χ4n) is 2.75. The van der Waals surface area contributed by atoms with Crippen molar-refractivity contribution in [3.63, 3.8) is 0 Å². The van der Waals surface area contributed by atoms with Crippen LogP contribution in [0.3, 0.4) is 0 Å². The average Bonchev–Trinajstić information content (AvgIpc) is 2.67. The van der Waals surface area contributed by atoms with Crippen LogP contribution in [0.4, 0.5) is 17.2 Å². The summed E-state index contributed by atoms with van der Waals surface area (Å²) in [6.07, 6.45) is 0.861. The smallest absolute Gasteiger partial charge is 0.274 e. The lowest BCUT2D eigenvalue weighted by atomic mass is 10.2. The van der Waals surface area contributed by atoms with Gasteiger partial charge in [-0.1, -0.05) is 0 Å². The fraction of sp³-hybridized carbons (Fsp3) is 0.450. The normalized spacial score (nSPS) is 10.5. The molecule has 0 saturated carbocycles. The maximum Gasteiger partial charge on any atom is 0.274 e. The Labute approximate surface area is 161 Å². The summed E-state index contributed by atoms with van der Waals surface area (Å²) in [5.74, 6) is 0.936. The molecule has 0 bridgehead atoms. The largest absolute Gasteiger partial charge is 0.385 e. The minimum atomic E-state index is -0.254. The van der Waals surface area contributed by atoms with Crippen LogP contribution in [-0.4, -0.2) is 49.2 Å². The Bertz CT molecular complexity index is 730. The minimum absolute atomic E-state index is 0.254. The first-order valence-electron chi connectivity index (χ1n) is 9.32. The number of nitrogens with zero attached hydrogens (tertiary/aromatic N) is 3. The predicted molar refractivity (Wildman–Crippen MR) is 110 cm³/mol. The molecule has 0 unspecified atom stereocenters. The van der Waals surface area contributed by atoms with Crippen molar-refractivity contribution >= 4 is 23.1 Å². The van der Waals surface area contributed by atoms with Crippen molar-refractivity contribution in [3.05, 3.63) is 41.9 Å². The van der Waals surface area contributed by atoms with Gasteiger partial charge in [-0.15, -0.1) is 0 Å². The quantitative estimate of drug-likeness (QED) is 0.624. The highest BCUT2D eigenvalue weighted by molar-refractivity contribution is 6.03. The molecule has 0 spiro atoms. The molecule has 1 heterocycles. The van der Waals surface area contributed by atoms with Crippen molar-refractivity contribution in [1.82, 2.24) is 9.97 Å². The first kappa shape index (κ1) is 20.6. The van der Waals surface area contributed by atoms with Crippen LogP contribution in [-0.2, 0) is 4.74 Å². The first-order valence-corrected chi connectivity index (χ1v) is 9.32. The van der Waals surface area contributed by atoms with Crippen molar-refractivity contribution in [2.75, 3.05) is 48.9 Å². The van der Waals surface area contributed by atoms with Gasteiger partial charge < -0.3 is 20.3 Å². The van der Waals surface area contributed by atoms with Crippen LogP contribution in [0.5, 0.6) is 0 Å². The highest BCUT2D eigenvalue weighted by Crippen LogP contribution is 2.18. The van der Waals surface area contributed by atoms with Gasteiger partial charge in [-0.3, -0.25) is 4.79 Å². The van der Waals surface area contributed by atoms with Crippen LogP contribution in [0.1, 0.15) is 36.6 Å². The van der Waals surface area contributed by atoms with Crippen LogP contribution in [0.25, 0.3) is 0 Å². The van der Waals surface area contributed by atoms with Crippen molar-refractivity contribution in [2.24, 2.45) is 0 Å². The number of hydrogen-bond donors (Lipinski definition) is 2. The summed E-state index contributed by atoms with van der Waals surface area (Å²) in [6.45, 7) is 9.31. The molecule has 7 heteroatoms. The highest BCUT2D eigenvalue weighted by Gasteiger charge is 2.11. The molecule has 0 saturated heterocycles. The molecule has 0 aliphatic carbocycles. The molecule has 1 aromatic heterocycles. The lowest BCUT2D eigenvalue weighted by molar-refractivity contribution is 0.102. The van der Waals surface area contributed by atoms with E-state index >= 15 is 0 Å². The Morgan fingerprint density at radius 2 is 1.85 bits per heavy atom. The number of carbonyl (C=O) groups excluding carboxylic acids is 1. The molecule has 2 rings (SSSR count). The van der Waals surface area contributed by atoms with Crippen LogP contribution in [0.2, 0.25) is 0 Å². The zero-order valence-electron chi connectivity index (χ0n) is 16.6. The molecule has 0 radical (unpaired) electrons. The summed E-state index contributed by atoms with van der Waals surface area (Å²) in [6, 6.07) is 9.50. The standard InChI is InChI=1S/C20H29N5O2/c1-5-25(6-2)17-10-8-16(9-11-17)24-20(26)18-14-19(23-15(3)22-18)21-12-7-13-27-4/h8-11,14H,5-7,12-13H2,1-4H3,(H,24,26)(H,21,22,23). The number of rotatable bonds is 10. The Morgan fingerprint density at radius 1 is 1.15 bits per heavy atom. The summed E-state index contributed by atoms with van der Waals surface area (Å²) >= 11 is 0. The fourth-order valence-corrected chi connectivity index (χ4v) is 2.75. The summed E-state index contributed by atoms with van der Waals surface area (Å²) in [4.78, 5) is 23.4. The highest BCUT2D eigenvalue weighted by atomic mass is 16.5. The summed E-state index contributed by atoms with van der Waals surface area (Å²) in [7, 11) is 1.67. The van der Waals surface area contributed by atoms with E-state index in [9.17, 15) is 4.79 Å². The van der Waals surface area contributed by atoms with Gasteiger partial charge in [0.15, 0.2) is 0 Å². The van der Waals surface area contributed by atoms with E-state index in [0.717, 1.165) is 37.4 Å². The molecule has 2 N–H and O–H groups in total. The summed E-state index contributed by atoms with van der Waals surface area (Å²) in [5, 5.41) is 6.09. The minimum Gasteiger partial charge on any atom is -0.385 e. The molecule has 146 valence electrons. The van der Waals surface area contributed by atoms with Gasteiger partial charge in [0.1, 0.15) is 17.3 Å². The van der Waals surface area contributed by atoms with Gasteiger partial charge in [0, 0.05) is 50.8 Å². The van der Waals surface area contributed by atoms with Gasteiger partial charge in [0.2, 0.25) is 0 Å². The molecule has 0 aliphatic rings. The summed E-state index contributed by atoms with van der Waals surface area (Å²) in [5.41, 5.74) is 2.21. The molecular weight excluding hydrogens is 342 g/mol. The number of methoxy groups -OCH3 is 1. The number of benzene rings is 1. The van der Waals surface area contributed by atoms with Gasteiger partial charge in [-0.25, -0.2) is 9.97 Å². The second-order valence-corrected chi connectivity index (χ2v) is 6.13. The third kappa shape index (κ3) is 6.21. The summed E-state index contributed by atoms with van der Waals surface area (Å²) < 4.78 is 5.03. The van der Waals surface area contributed by atoms with E-state index in [1.54, 1.807) is 20.1 Å². The number of amides is 1. The number of aryl methyl sites for hydroxylation is 1. The third-order valence-corrected chi connectivity index (χ3v) is 4.16. The lowest BCUT2D eigenvalue weighted by Gasteiger charge is -2.21. The molecule has 1 amide bonds. The molecule has 0 fully saturated rings. The van der Waals surface area contributed by atoms with Gasteiger partial charge in [-0.2, -0.15) is 0 Å². The Hall–Kier alpha value is -2.67. The van der Waals surface area contributed by atoms with Crippen LogP contribution < -0.4 is 15.5 Å². The molecular formula is C20H29N5O2. The maximum absolute atomic E-state index is 12.6. The van der Waals surface area contributed by atoms with Gasteiger partial charge in [0.25, 0.3) is 5.91 Å². The SMILES string of the molecule is CCN(CC)c1ccc(NC(=O)c2cc(NCCCOC)nc(C)n2)cc1. The van der Waals surface area contributed by atoms with Gasteiger partial charge >= 0.3 is 0 Å². The van der Waals surface area contributed by atoms with Crippen LogP contribution >= 0.6 is 0 Å². The zero-order valence-corrected chi connectivity index (χ0v) is 16.6. The molecule has 2 aromatic rings. The molecule has 0 aliphatic heterocycles. The molecule has 1 aromatic carbocycles. The van der Waals surface area contributed by atoms with Crippen LogP contribution in [0, 0.1) is 6.92 Å². The predicted octanol–water partition coefficient (Wildman–Crippen LogP) is 3.33. The zero-order chi connectivity index (χ0) is 19.6. The first-order chi connectivity index (χ1) is 13.1. The molecule has 7 nitrogen and oxygen atoms in total. The van der Waals surface area contributed by atoms with E-state index in [2.05, 4.69) is 39.3 Å². The van der Waals surface area contributed by atoms with E-state index < -0.39 is 0 Å². The van der Waals surface area contributed by atoms with E-state index in [1.807, 2.05) is 24.3 Å². The number of ether oxygens (including phenoxy) is 1. The topological polar surface area (TPSA) is 79.4 Å². The third-order valence-electron chi connectivity index (χ3n) is 4.16. The Morgan fingerprint density at radius 3 is 2.48 bits per heavy atom. The lowest BCUT2D eigenvalue weighted by Crippen LogP contribution is -2.21. The monoisotopic (exact) mass is 371 g/mol. The number of anilines is 3. The van der Waals surface area contributed by atoms with E-state index in [1.165, 1.54) is 0 Å². The van der Waals surface area contributed by atoms with E-state index in [0.29, 0.717) is 23.9 Å². The van der Waals surface area contributed by atoms with E-state index in [4.69, 9.17) is 4.74 Å². The number of aromatic nitrogens is 2. The van der Waals surface area contributed by atoms with Gasteiger partial charge in [0.05, 0.1) is 0 Å². The van der Waals surface area contributed by atoms with Crippen molar-refractivity contribution in [3.8, 4) is 0 Å². The number of carbonyl (C=O) groups is 1. The second-order valence-electron chi connectivity index (χ2n) is 6.13. The Kier molecular flexibility index (Phi) is 8.00. The van der Waals surface area contributed by atoms with Crippen molar-refractivity contribution in [2.45, 2.75) is 27.2 Å². The number of nitrogens with one attached hydrogen (secondary N) is 2. The Balaban J connectivity index is 2.03. The second kappa shape index (κ2) is 10.5. The van der Waals surface area contributed by atoms with Crippen LogP contribution in [0.15, 0.2) is 30.3 Å². The number of hydrogen-bond acceptors (Lipinski definition) is 6. The van der Waals surface area contributed by atoms with Crippen molar-refractivity contribution in [1.29, 1.82) is 0 Å².